The standard InChI is InChI=1S/C24H28N6O/c1-31-21-7-5-19(6-8-21)17-28-11-9-22-20(18-28)16-26-24(27-22)30-14-12-29(13-15-30)23-4-2-3-10-25-23/h2-8,10,16H,9,11-15,17-18H2,1H3. The van der Waals surface area contributed by atoms with Crippen LogP contribution in [-0.4, -0.2) is 59.7 Å². The average molecular weight is 417 g/mol. The van der Waals surface area contributed by atoms with Crippen LogP contribution < -0.4 is 14.5 Å². The summed E-state index contributed by atoms with van der Waals surface area (Å²) in [5, 5.41) is 0. The predicted octanol–water partition coefficient (Wildman–Crippen LogP) is 2.77. The number of aromatic nitrogens is 3. The summed E-state index contributed by atoms with van der Waals surface area (Å²) in [6, 6.07) is 14.4. The lowest BCUT2D eigenvalue weighted by Crippen LogP contribution is -2.47. The number of methoxy groups -OCH3 is 1. The van der Waals surface area contributed by atoms with E-state index in [-0.39, 0.29) is 0 Å². The summed E-state index contributed by atoms with van der Waals surface area (Å²) in [6.45, 7) is 6.55. The van der Waals surface area contributed by atoms with E-state index in [2.05, 4.69) is 37.9 Å². The number of ether oxygens (including phenoxy) is 1. The van der Waals surface area contributed by atoms with Crippen LogP contribution >= 0.6 is 0 Å². The first-order valence-electron chi connectivity index (χ1n) is 10.9. The molecule has 0 saturated carbocycles. The summed E-state index contributed by atoms with van der Waals surface area (Å²) >= 11 is 0. The van der Waals surface area contributed by atoms with Crippen LogP contribution in [0.25, 0.3) is 0 Å². The average Bonchev–Trinajstić information content (AvgIpc) is 2.85. The molecule has 0 N–H and O–H groups in total. The number of anilines is 2. The number of benzene rings is 1. The van der Waals surface area contributed by atoms with Crippen molar-refractivity contribution in [2.45, 2.75) is 19.5 Å². The van der Waals surface area contributed by atoms with Crippen LogP contribution in [0.4, 0.5) is 11.8 Å². The summed E-state index contributed by atoms with van der Waals surface area (Å²) in [5.74, 6) is 2.81. The van der Waals surface area contributed by atoms with Crippen molar-refractivity contribution < 1.29 is 4.74 Å². The van der Waals surface area contributed by atoms with E-state index in [0.29, 0.717) is 0 Å². The third kappa shape index (κ3) is 4.46. The Hall–Kier alpha value is -3.19. The number of fused-ring (bicyclic) bond motifs is 1. The van der Waals surface area contributed by atoms with Crippen molar-refractivity contribution in [3.63, 3.8) is 0 Å². The van der Waals surface area contributed by atoms with Crippen LogP contribution in [0.3, 0.4) is 0 Å². The van der Waals surface area contributed by atoms with Crippen molar-refractivity contribution >= 4 is 11.8 Å². The molecule has 0 bridgehead atoms. The molecular formula is C24H28N6O. The highest BCUT2D eigenvalue weighted by molar-refractivity contribution is 5.42. The van der Waals surface area contributed by atoms with Gasteiger partial charge in [-0.3, -0.25) is 4.90 Å². The van der Waals surface area contributed by atoms with Gasteiger partial charge in [0.1, 0.15) is 11.6 Å². The monoisotopic (exact) mass is 416 g/mol. The summed E-state index contributed by atoms with van der Waals surface area (Å²) in [5.41, 5.74) is 3.74. The van der Waals surface area contributed by atoms with E-state index in [1.54, 1.807) is 7.11 Å². The highest BCUT2D eigenvalue weighted by atomic mass is 16.5. The lowest BCUT2D eigenvalue weighted by Gasteiger charge is -2.36. The lowest BCUT2D eigenvalue weighted by molar-refractivity contribution is 0.243. The van der Waals surface area contributed by atoms with Gasteiger partial charge in [-0.25, -0.2) is 15.0 Å². The molecule has 2 aliphatic heterocycles. The molecule has 2 aromatic heterocycles. The van der Waals surface area contributed by atoms with E-state index in [4.69, 9.17) is 14.7 Å². The maximum absolute atomic E-state index is 5.26. The van der Waals surface area contributed by atoms with Gasteiger partial charge in [0.05, 0.1) is 12.8 Å². The molecule has 7 heteroatoms. The van der Waals surface area contributed by atoms with Crippen molar-refractivity contribution in [1.82, 2.24) is 19.9 Å². The van der Waals surface area contributed by atoms with Crippen LogP contribution in [0.15, 0.2) is 54.9 Å². The van der Waals surface area contributed by atoms with Crippen molar-refractivity contribution in [2.75, 3.05) is 49.6 Å². The number of hydrogen-bond acceptors (Lipinski definition) is 7. The maximum Gasteiger partial charge on any atom is 0.225 e. The molecule has 160 valence electrons. The second kappa shape index (κ2) is 8.89. The molecule has 5 rings (SSSR count). The van der Waals surface area contributed by atoms with E-state index in [9.17, 15) is 0 Å². The molecule has 1 aromatic carbocycles. The van der Waals surface area contributed by atoms with Crippen molar-refractivity contribution in [2.24, 2.45) is 0 Å². The summed E-state index contributed by atoms with van der Waals surface area (Å²) in [4.78, 5) is 21.2. The molecule has 4 heterocycles. The normalized spacial score (nSPS) is 16.8. The third-order valence-corrected chi connectivity index (χ3v) is 6.10. The molecule has 0 aliphatic carbocycles. The third-order valence-electron chi connectivity index (χ3n) is 6.10. The number of piperazine rings is 1. The second-order valence-corrected chi connectivity index (χ2v) is 8.11. The number of rotatable bonds is 5. The van der Waals surface area contributed by atoms with Gasteiger partial charge < -0.3 is 14.5 Å². The van der Waals surface area contributed by atoms with E-state index in [1.165, 1.54) is 16.8 Å². The Bertz CT molecular complexity index is 1000. The summed E-state index contributed by atoms with van der Waals surface area (Å²) in [6.07, 6.45) is 4.85. The largest absolute Gasteiger partial charge is 0.497 e. The molecule has 31 heavy (non-hydrogen) atoms. The van der Waals surface area contributed by atoms with Gasteiger partial charge in [0.15, 0.2) is 0 Å². The molecule has 0 amide bonds. The minimum absolute atomic E-state index is 0.864. The zero-order chi connectivity index (χ0) is 21.0. The Morgan fingerprint density at radius 2 is 1.71 bits per heavy atom. The molecule has 0 spiro atoms. The molecule has 1 saturated heterocycles. The molecule has 0 radical (unpaired) electrons. The highest BCUT2D eigenvalue weighted by Gasteiger charge is 2.23. The van der Waals surface area contributed by atoms with Crippen molar-refractivity contribution in [1.29, 1.82) is 0 Å². The quantitative estimate of drug-likeness (QED) is 0.634. The number of pyridine rings is 1. The first kappa shape index (κ1) is 19.8. The van der Waals surface area contributed by atoms with E-state index < -0.39 is 0 Å². The Balaban J connectivity index is 1.20. The Kier molecular flexibility index (Phi) is 5.67. The van der Waals surface area contributed by atoms with E-state index in [1.807, 2.05) is 36.7 Å². The highest BCUT2D eigenvalue weighted by Crippen LogP contribution is 2.23. The van der Waals surface area contributed by atoms with Crippen molar-refractivity contribution in [3.05, 3.63) is 71.7 Å². The van der Waals surface area contributed by atoms with Gasteiger partial charge >= 0.3 is 0 Å². The van der Waals surface area contributed by atoms with Crippen molar-refractivity contribution in [3.8, 4) is 5.75 Å². The number of hydrogen-bond donors (Lipinski definition) is 0. The molecule has 0 unspecified atom stereocenters. The molecule has 2 aliphatic rings. The van der Waals surface area contributed by atoms with Crippen LogP contribution in [0.2, 0.25) is 0 Å². The predicted molar refractivity (Wildman–Crippen MR) is 122 cm³/mol. The van der Waals surface area contributed by atoms with Gasteiger partial charge in [0.2, 0.25) is 5.95 Å². The van der Waals surface area contributed by atoms with E-state index in [0.717, 1.165) is 69.7 Å². The zero-order valence-corrected chi connectivity index (χ0v) is 17.9. The SMILES string of the molecule is COc1ccc(CN2CCc3nc(N4CCN(c5ccccn5)CC4)ncc3C2)cc1. The molecule has 3 aromatic rings. The number of nitrogens with zero attached hydrogens (tertiary/aromatic N) is 6. The summed E-state index contributed by atoms with van der Waals surface area (Å²) < 4.78 is 5.26. The van der Waals surface area contributed by atoms with Gasteiger partial charge in [-0.1, -0.05) is 18.2 Å². The minimum Gasteiger partial charge on any atom is -0.497 e. The van der Waals surface area contributed by atoms with Gasteiger partial charge in [-0.2, -0.15) is 0 Å². The fourth-order valence-corrected chi connectivity index (χ4v) is 4.32. The van der Waals surface area contributed by atoms with Gasteiger partial charge in [0, 0.05) is 70.2 Å². The van der Waals surface area contributed by atoms with Crippen LogP contribution in [0.5, 0.6) is 5.75 Å². The second-order valence-electron chi connectivity index (χ2n) is 8.11. The molecular weight excluding hydrogens is 388 g/mol. The molecule has 0 atom stereocenters. The van der Waals surface area contributed by atoms with Crippen LogP contribution in [0.1, 0.15) is 16.8 Å². The zero-order valence-electron chi connectivity index (χ0n) is 17.9. The Labute approximate surface area is 183 Å². The topological polar surface area (TPSA) is 57.6 Å². The maximum atomic E-state index is 5.26. The fraction of sp³-hybridized carbons (Fsp3) is 0.375. The summed E-state index contributed by atoms with van der Waals surface area (Å²) in [7, 11) is 1.70. The first-order valence-corrected chi connectivity index (χ1v) is 10.9. The molecule has 7 nitrogen and oxygen atoms in total. The minimum atomic E-state index is 0.864. The van der Waals surface area contributed by atoms with Crippen LogP contribution in [-0.2, 0) is 19.5 Å². The molecule has 1 fully saturated rings. The smallest absolute Gasteiger partial charge is 0.225 e. The Morgan fingerprint density at radius 3 is 2.45 bits per heavy atom. The van der Waals surface area contributed by atoms with Gasteiger partial charge in [-0.05, 0) is 29.8 Å². The first-order chi connectivity index (χ1) is 15.3. The van der Waals surface area contributed by atoms with E-state index >= 15 is 0 Å². The van der Waals surface area contributed by atoms with Crippen LogP contribution in [0, 0.1) is 0 Å². The fourth-order valence-electron chi connectivity index (χ4n) is 4.32. The lowest BCUT2D eigenvalue weighted by atomic mass is 10.1. The van der Waals surface area contributed by atoms with Gasteiger partial charge in [0.25, 0.3) is 0 Å². The Morgan fingerprint density at radius 1 is 0.903 bits per heavy atom. The van der Waals surface area contributed by atoms with Gasteiger partial charge in [-0.15, -0.1) is 0 Å².